The first-order valence-electron chi connectivity index (χ1n) is 8.09. The average Bonchev–Trinajstić information content (AvgIpc) is 2.54. The maximum atomic E-state index is 3.45. The van der Waals surface area contributed by atoms with Crippen molar-refractivity contribution < 1.29 is 0 Å². The van der Waals surface area contributed by atoms with Crippen LogP contribution in [0.25, 0.3) is 11.1 Å². The van der Waals surface area contributed by atoms with Crippen molar-refractivity contribution in [3.8, 4) is 11.1 Å². The number of hydrogen-bond acceptors (Lipinski definition) is 1. The molecule has 0 aromatic heterocycles. The van der Waals surface area contributed by atoms with E-state index in [1.165, 1.54) is 28.7 Å². The minimum absolute atomic E-state index is 0.414. The van der Waals surface area contributed by atoms with E-state index in [2.05, 4.69) is 81.5 Å². The lowest BCUT2D eigenvalue weighted by atomic mass is 9.95. The molecule has 0 amide bonds. The highest BCUT2D eigenvalue weighted by atomic mass is 14.9. The molecule has 0 fully saturated rings. The second-order valence-electron chi connectivity index (χ2n) is 5.83. The molecule has 0 bridgehead atoms. The van der Waals surface area contributed by atoms with Gasteiger partial charge in [0.15, 0.2) is 0 Å². The Morgan fingerprint density at radius 1 is 0.762 bits per heavy atom. The van der Waals surface area contributed by atoms with Crippen molar-refractivity contribution in [2.75, 3.05) is 6.54 Å². The Morgan fingerprint density at radius 3 is 1.67 bits per heavy atom. The van der Waals surface area contributed by atoms with Gasteiger partial charge in [-0.2, -0.15) is 0 Å². The number of hydrogen-bond donors (Lipinski definition) is 1. The summed E-state index contributed by atoms with van der Waals surface area (Å²) in [5.41, 5.74) is 5.36. The summed E-state index contributed by atoms with van der Waals surface area (Å²) in [7, 11) is 0. The zero-order chi connectivity index (χ0) is 15.2. The summed E-state index contributed by atoms with van der Waals surface area (Å²) >= 11 is 0. The van der Waals surface area contributed by atoms with E-state index >= 15 is 0 Å². The quantitative estimate of drug-likeness (QED) is 0.733. The predicted octanol–water partition coefficient (Wildman–Crippen LogP) is 5.54. The van der Waals surface area contributed by atoms with Gasteiger partial charge in [0.25, 0.3) is 0 Å². The molecule has 0 aliphatic rings. The minimum Gasteiger partial charge on any atom is -0.310 e. The topological polar surface area (TPSA) is 12.0 Å². The van der Waals surface area contributed by atoms with Crippen LogP contribution in [-0.2, 0) is 0 Å². The van der Waals surface area contributed by atoms with Crippen LogP contribution in [0.4, 0.5) is 0 Å². The van der Waals surface area contributed by atoms with Gasteiger partial charge < -0.3 is 5.32 Å². The van der Waals surface area contributed by atoms with E-state index in [-0.39, 0.29) is 0 Å². The lowest BCUT2D eigenvalue weighted by molar-refractivity contribution is 0.598. The lowest BCUT2D eigenvalue weighted by Crippen LogP contribution is -2.17. The van der Waals surface area contributed by atoms with E-state index in [1.807, 2.05) is 0 Å². The van der Waals surface area contributed by atoms with Crippen LogP contribution in [-0.4, -0.2) is 6.54 Å². The third-order valence-corrected chi connectivity index (χ3v) is 4.35. The third-order valence-electron chi connectivity index (χ3n) is 4.35. The van der Waals surface area contributed by atoms with Gasteiger partial charge in [-0.1, -0.05) is 69.3 Å². The Kier molecular flexibility index (Phi) is 5.58. The van der Waals surface area contributed by atoms with Gasteiger partial charge in [0, 0.05) is 6.04 Å². The summed E-state index contributed by atoms with van der Waals surface area (Å²) < 4.78 is 0. The van der Waals surface area contributed by atoms with Gasteiger partial charge in [-0.3, -0.25) is 0 Å². The molecule has 2 atom stereocenters. The fraction of sp³-hybridized carbons (Fsp3) is 0.400. The van der Waals surface area contributed by atoms with Crippen LogP contribution in [0.15, 0.2) is 48.5 Å². The van der Waals surface area contributed by atoms with E-state index < -0.39 is 0 Å². The van der Waals surface area contributed by atoms with E-state index in [0.29, 0.717) is 12.0 Å². The van der Waals surface area contributed by atoms with Crippen molar-refractivity contribution >= 4 is 0 Å². The molecule has 2 rings (SSSR count). The maximum Gasteiger partial charge on any atom is 0.0291 e. The molecule has 2 unspecified atom stereocenters. The van der Waals surface area contributed by atoms with Crippen LogP contribution in [0.5, 0.6) is 0 Å². The van der Waals surface area contributed by atoms with Crippen molar-refractivity contribution in [1.82, 2.24) is 5.32 Å². The van der Waals surface area contributed by atoms with Gasteiger partial charge >= 0.3 is 0 Å². The molecule has 1 heteroatoms. The highest BCUT2D eigenvalue weighted by Crippen LogP contribution is 2.25. The Bertz CT molecular complexity index is 539. The Hall–Kier alpha value is -1.60. The smallest absolute Gasteiger partial charge is 0.0291 e. The van der Waals surface area contributed by atoms with Gasteiger partial charge in [-0.15, -0.1) is 0 Å². The summed E-state index contributed by atoms with van der Waals surface area (Å²) in [5.74, 6) is 0.641. The first kappa shape index (κ1) is 15.8. The SMILES string of the molecule is CCNC(C)c1ccc(-c2ccc(C(C)CC)cc2)cc1. The Balaban J connectivity index is 2.15. The van der Waals surface area contributed by atoms with Crippen molar-refractivity contribution in [3.05, 3.63) is 59.7 Å². The van der Waals surface area contributed by atoms with Crippen molar-refractivity contribution in [1.29, 1.82) is 0 Å². The molecule has 0 spiro atoms. The van der Waals surface area contributed by atoms with Gasteiger partial charge in [-0.25, -0.2) is 0 Å². The molecule has 112 valence electrons. The summed E-state index contributed by atoms with van der Waals surface area (Å²) in [6.07, 6.45) is 1.19. The van der Waals surface area contributed by atoms with Crippen molar-refractivity contribution in [3.63, 3.8) is 0 Å². The molecule has 0 saturated carbocycles. The minimum atomic E-state index is 0.414. The molecule has 2 aromatic carbocycles. The van der Waals surface area contributed by atoms with Crippen LogP contribution in [0.2, 0.25) is 0 Å². The third kappa shape index (κ3) is 3.95. The largest absolute Gasteiger partial charge is 0.310 e. The maximum absolute atomic E-state index is 3.45. The molecule has 0 heterocycles. The molecular weight excluding hydrogens is 254 g/mol. The Labute approximate surface area is 129 Å². The summed E-state index contributed by atoms with van der Waals surface area (Å²) in [5, 5.41) is 3.45. The van der Waals surface area contributed by atoms with Crippen LogP contribution in [0.3, 0.4) is 0 Å². The van der Waals surface area contributed by atoms with Crippen molar-refractivity contribution in [2.24, 2.45) is 0 Å². The standard InChI is InChI=1S/C20H27N/c1-5-15(3)17-7-11-19(12-8-17)20-13-9-18(10-14-20)16(4)21-6-2/h7-16,21H,5-6H2,1-4H3. The first-order valence-corrected chi connectivity index (χ1v) is 8.09. The summed E-state index contributed by atoms with van der Waals surface area (Å²) in [4.78, 5) is 0. The van der Waals surface area contributed by atoms with E-state index in [0.717, 1.165) is 6.54 Å². The lowest BCUT2D eigenvalue weighted by Gasteiger charge is -2.14. The molecule has 1 nitrogen and oxygen atoms in total. The number of benzene rings is 2. The van der Waals surface area contributed by atoms with Gasteiger partial charge in [0.1, 0.15) is 0 Å². The second kappa shape index (κ2) is 7.42. The molecule has 0 saturated heterocycles. The molecule has 0 radical (unpaired) electrons. The van der Waals surface area contributed by atoms with Gasteiger partial charge in [0.2, 0.25) is 0 Å². The fourth-order valence-corrected chi connectivity index (χ4v) is 2.63. The fourth-order valence-electron chi connectivity index (χ4n) is 2.63. The van der Waals surface area contributed by atoms with Gasteiger partial charge in [0.05, 0.1) is 0 Å². The van der Waals surface area contributed by atoms with Crippen LogP contribution < -0.4 is 5.32 Å². The van der Waals surface area contributed by atoms with Crippen LogP contribution in [0.1, 0.15) is 57.2 Å². The zero-order valence-electron chi connectivity index (χ0n) is 13.7. The van der Waals surface area contributed by atoms with E-state index in [4.69, 9.17) is 0 Å². The normalized spacial score (nSPS) is 13.9. The van der Waals surface area contributed by atoms with Gasteiger partial charge in [-0.05, 0) is 48.1 Å². The monoisotopic (exact) mass is 281 g/mol. The molecule has 0 aliphatic heterocycles. The Morgan fingerprint density at radius 2 is 1.24 bits per heavy atom. The summed E-state index contributed by atoms with van der Waals surface area (Å²) in [6.45, 7) is 9.87. The first-order chi connectivity index (χ1) is 10.2. The predicted molar refractivity (Wildman–Crippen MR) is 92.7 cm³/mol. The highest BCUT2D eigenvalue weighted by Gasteiger charge is 2.05. The zero-order valence-corrected chi connectivity index (χ0v) is 13.7. The molecular formula is C20H27N. The van der Waals surface area contributed by atoms with E-state index in [1.54, 1.807) is 0 Å². The average molecular weight is 281 g/mol. The van der Waals surface area contributed by atoms with Crippen molar-refractivity contribution in [2.45, 2.75) is 46.1 Å². The molecule has 0 aliphatic carbocycles. The number of nitrogens with one attached hydrogen (secondary N) is 1. The molecule has 1 N–H and O–H groups in total. The molecule has 2 aromatic rings. The summed E-state index contributed by atoms with van der Waals surface area (Å²) in [6, 6.07) is 18.3. The van der Waals surface area contributed by atoms with E-state index in [9.17, 15) is 0 Å². The van der Waals surface area contributed by atoms with Crippen LogP contribution >= 0.6 is 0 Å². The molecule has 21 heavy (non-hydrogen) atoms. The van der Waals surface area contributed by atoms with Crippen LogP contribution in [0, 0.1) is 0 Å². The highest BCUT2D eigenvalue weighted by molar-refractivity contribution is 5.64. The number of rotatable bonds is 6. The second-order valence-corrected chi connectivity index (χ2v) is 5.83.